The lowest BCUT2D eigenvalue weighted by Crippen LogP contribution is -2.39. The number of fused-ring (bicyclic) bond motifs is 1. The topological polar surface area (TPSA) is 72.6 Å². The van der Waals surface area contributed by atoms with Crippen LogP contribution in [0.1, 0.15) is 46.2 Å². The van der Waals surface area contributed by atoms with Crippen LogP contribution in [-0.2, 0) is 11.0 Å². The SMILES string of the molecule is CCN([C@H](C)c1cnc(OC)c(-c2cn3ccnc3c(Cl)n2)c1)[S@@](=O)C(C)(C)C. The van der Waals surface area contributed by atoms with Gasteiger partial charge >= 0.3 is 0 Å². The molecule has 0 aromatic carbocycles. The van der Waals surface area contributed by atoms with E-state index in [1.54, 1.807) is 19.5 Å². The summed E-state index contributed by atoms with van der Waals surface area (Å²) in [7, 11) is 0.413. The summed E-state index contributed by atoms with van der Waals surface area (Å²) in [6.07, 6.45) is 7.08. The zero-order valence-corrected chi connectivity index (χ0v) is 19.1. The van der Waals surface area contributed by atoms with Gasteiger partial charge in [-0.05, 0) is 39.3 Å². The second-order valence-corrected chi connectivity index (χ2v) is 10.2. The van der Waals surface area contributed by atoms with Gasteiger partial charge in [-0.25, -0.2) is 23.5 Å². The zero-order chi connectivity index (χ0) is 21.3. The van der Waals surface area contributed by atoms with Gasteiger partial charge in [0.15, 0.2) is 10.8 Å². The van der Waals surface area contributed by atoms with Crippen LogP contribution in [0.2, 0.25) is 5.15 Å². The van der Waals surface area contributed by atoms with Crippen molar-refractivity contribution in [2.24, 2.45) is 0 Å². The lowest BCUT2D eigenvalue weighted by Gasteiger charge is -2.32. The Morgan fingerprint density at radius 1 is 1.34 bits per heavy atom. The van der Waals surface area contributed by atoms with Crippen molar-refractivity contribution < 1.29 is 8.95 Å². The molecule has 7 nitrogen and oxygen atoms in total. The molecule has 0 unspecified atom stereocenters. The molecule has 0 aliphatic rings. The number of imidazole rings is 1. The van der Waals surface area contributed by atoms with Crippen molar-refractivity contribution in [2.45, 2.75) is 45.4 Å². The molecule has 0 spiro atoms. The van der Waals surface area contributed by atoms with Gasteiger partial charge in [0.1, 0.15) is 11.0 Å². The number of halogens is 1. The molecule has 3 rings (SSSR count). The van der Waals surface area contributed by atoms with Crippen molar-refractivity contribution in [2.75, 3.05) is 13.7 Å². The highest BCUT2D eigenvalue weighted by molar-refractivity contribution is 7.84. The highest BCUT2D eigenvalue weighted by Crippen LogP contribution is 2.33. The third-order valence-electron chi connectivity index (χ3n) is 4.64. The lowest BCUT2D eigenvalue weighted by molar-refractivity contribution is 0.369. The number of ether oxygens (including phenoxy) is 1. The normalized spacial score (nSPS) is 14.3. The van der Waals surface area contributed by atoms with Crippen LogP contribution in [0.25, 0.3) is 16.9 Å². The van der Waals surface area contributed by atoms with Crippen LogP contribution in [0.15, 0.2) is 30.9 Å². The van der Waals surface area contributed by atoms with Crippen molar-refractivity contribution in [1.29, 1.82) is 0 Å². The third-order valence-corrected chi connectivity index (χ3v) is 6.94. The minimum atomic E-state index is -1.16. The predicted octanol–water partition coefficient (Wildman–Crippen LogP) is 4.30. The smallest absolute Gasteiger partial charge is 0.222 e. The summed E-state index contributed by atoms with van der Waals surface area (Å²) in [6, 6.07) is 1.87. The van der Waals surface area contributed by atoms with Gasteiger partial charge in [0, 0.05) is 37.4 Å². The van der Waals surface area contributed by atoms with E-state index in [2.05, 4.69) is 15.0 Å². The highest BCUT2D eigenvalue weighted by Gasteiger charge is 2.30. The molecule has 0 N–H and O–H groups in total. The maximum absolute atomic E-state index is 13.0. The second kappa shape index (κ2) is 8.38. The Bertz CT molecular complexity index is 1050. The summed E-state index contributed by atoms with van der Waals surface area (Å²) in [5.41, 5.74) is 2.85. The molecule has 29 heavy (non-hydrogen) atoms. The molecule has 2 atom stereocenters. The molecule has 0 bridgehead atoms. The Morgan fingerprint density at radius 3 is 2.69 bits per heavy atom. The first-order chi connectivity index (χ1) is 13.7. The second-order valence-electron chi connectivity index (χ2n) is 7.67. The van der Waals surface area contributed by atoms with E-state index in [1.165, 1.54) is 0 Å². The van der Waals surface area contributed by atoms with E-state index in [0.717, 1.165) is 5.56 Å². The monoisotopic (exact) mass is 435 g/mol. The van der Waals surface area contributed by atoms with Crippen molar-refractivity contribution in [1.82, 2.24) is 23.7 Å². The molecule has 3 aromatic rings. The molecule has 0 aliphatic heterocycles. The van der Waals surface area contributed by atoms with Crippen molar-refractivity contribution >= 4 is 28.2 Å². The van der Waals surface area contributed by atoms with E-state index in [1.807, 2.05) is 61.8 Å². The Balaban J connectivity index is 2.07. The average molecular weight is 436 g/mol. The molecule has 3 aromatic heterocycles. The summed E-state index contributed by atoms with van der Waals surface area (Å²) in [4.78, 5) is 13.2. The Hall–Kier alpha value is -2.03. The summed E-state index contributed by atoms with van der Waals surface area (Å²) >= 11 is 6.31. The van der Waals surface area contributed by atoms with Gasteiger partial charge in [0.2, 0.25) is 5.88 Å². The Morgan fingerprint density at radius 2 is 2.07 bits per heavy atom. The first kappa shape index (κ1) is 21.7. The number of nitrogens with zero attached hydrogens (tertiary/aromatic N) is 5. The number of pyridine rings is 1. The molecule has 156 valence electrons. The molecule has 0 saturated carbocycles. The van der Waals surface area contributed by atoms with E-state index in [-0.39, 0.29) is 10.8 Å². The van der Waals surface area contributed by atoms with E-state index in [0.29, 0.717) is 34.5 Å². The first-order valence-electron chi connectivity index (χ1n) is 9.39. The van der Waals surface area contributed by atoms with Gasteiger partial charge in [-0.15, -0.1) is 0 Å². The molecule has 0 aliphatic carbocycles. The molecular weight excluding hydrogens is 410 g/mol. The Labute approximate surface area is 178 Å². The summed E-state index contributed by atoms with van der Waals surface area (Å²) in [5, 5.41) is 0.303. The van der Waals surface area contributed by atoms with Gasteiger partial charge < -0.3 is 9.14 Å². The number of methoxy groups -OCH3 is 1. The van der Waals surface area contributed by atoms with Crippen LogP contribution >= 0.6 is 11.6 Å². The third kappa shape index (κ3) is 4.29. The number of hydrogen-bond donors (Lipinski definition) is 0. The fourth-order valence-electron chi connectivity index (χ4n) is 3.12. The number of rotatable bonds is 6. The summed E-state index contributed by atoms with van der Waals surface area (Å²) in [5.74, 6) is 0.448. The standard InChI is InChI=1S/C20H26ClN5O2S/c1-7-26(29(27)20(3,4)5)13(2)14-10-15(19(28-6)23-11-14)16-12-25-9-8-22-18(25)17(21)24-16/h8-13H,7H2,1-6H3/t13-,29+/m1/s1. The largest absolute Gasteiger partial charge is 0.481 e. The molecule has 0 fully saturated rings. The minimum absolute atomic E-state index is 0.107. The average Bonchev–Trinajstić information content (AvgIpc) is 3.16. The number of aromatic nitrogens is 4. The molecule has 3 heterocycles. The maximum Gasteiger partial charge on any atom is 0.222 e. The van der Waals surface area contributed by atoms with Gasteiger partial charge in [-0.2, -0.15) is 0 Å². The van der Waals surface area contributed by atoms with Crippen LogP contribution in [0.4, 0.5) is 0 Å². The fraction of sp³-hybridized carbons (Fsp3) is 0.450. The quantitative estimate of drug-likeness (QED) is 0.577. The zero-order valence-electron chi connectivity index (χ0n) is 17.5. The van der Waals surface area contributed by atoms with Crippen molar-refractivity contribution in [3.63, 3.8) is 0 Å². The minimum Gasteiger partial charge on any atom is -0.481 e. The highest BCUT2D eigenvalue weighted by atomic mass is 35.5. The molecular formula is C20H26ClN5O2S. The van der Waals surface area contributed by atoms with E-state index in [9.17, 15) is 4.21 Å². The van der Waals surface area contributed by atoms with Crippen LogP contribution in [0.5, 0.6) is 5.88 Å². The van der Waals surface area contributed by atoms with E-state index < -0.39 is 11.0 Å². The fourth-order valence-corrected chi connectivity index (χ4v) is 4.70. The molecule has 0 saturated heterocycles. The molecule has 9 heteroatoms. The Kier molecular flexibility index (Phi) is 6.26. The van der Waals surface area contributed by atoms with Crippen molar-refractivity contribution in [3.05, 3.63) is 41.6 Å². The van der Waals surface area contributed by atoms with E-state index in [4.69, 9.17) is 16.3 Å². The van der Waals surface area contributed by atoms with Gasteiger partial charge in [0.05, 0.1) is 23.1 Å². The summed E-state index contributed by atoms with van der Waals surface area (Å²) in [6.45, 7) is 10.6. The first-order valence-corrected chi connectivity index (χ1v) is 10.9. The van der Waals surface area contributed by atoms with Gasteiger partial charge in [-0.1, -0.05) is 18.5 Å². The van der Waals surface area contributed by atoms with Crippen LogP contribution in [-0.4, -0.2) is 46.3 Å². The van der Waals surface area contributed by atoms with Crippen LogP contribution in [0.3, 0.4) is 0 Å². The lowest BCUT2D eigenvalue weighted by atomic mass is 10.1. The number of hydrogen-bond acceptors (Lipinski definition) is 5. The van der Waals surface area contributed by atoms with Crippen LogP contribution in [0, 0.1) is 0 Å². The summed E-state index contributed by atoms with van der Waals surface area (Å²) < 4.78 is 21.9. The molecule has 0 amide bonds. The maximum atomic E-state index is 13.0. The predicted molar refractivity (Wildman–Crippen MR) is 116 cm³/mol. The molecule has 0 radical (unpaired) electrons. The van der Waals surface area contributed by atoms with Gasteiger partial charge in [0.25, 0.3) is 0 Å². The van der Waals surface area contributed by atoms with Crippen LogP contribution < -0.4 is 4.74 Å². The van der Waals surface area contributed by atoms with Gasteiger partial charge in [-0.3, -0.25) is 0 Å². The van der Waals surface area contributed by atoms with E-state index >= 15 is 0 Å². The van der Waals surface area contributed by atoms with Crippen molar-refractivity contribution in [3.8, 4) is 17.1 Å².